The van der Waals surface area contributed by atoms with Crippen LogP contribution in [0.3, 0.4) is 0 Å². The van der Waals surface area contributed by atoms with Crippen LogP contribution in [-0.2, 0) is 4.79 Å². The normalized spacial score (nSPS) is 13.0. The highest BCUT2D eigenvalue weighted by atomic mass is 32.1. The van der Waals surface area contributed by atoms with Crippen LogP contribution in [0.25, 0.3) is 0 Å². The van der Waals surface area contributed by atoms with Crippen LogP contribution in [0.2, 0.25) is 0 Å². The van der Waals surface area contributed by atoms with E-state index in [1.54, 1.807) is 30.4 Å². The van der Waals surface area contributed by atoms with E-state index in [4.69, 9.17) is 4.74 Å². The molecule has 0 saturated carbocycles. The summed E-state index contributed by atoms with van der Waals surface area (Å²) in [5.41, 5.74) is 1.95. The summed E-state index contributed by atoms with van der Waals surface area (Å²) in [6.45, 7) is 3.71. The van der Waals surface area contributed by atoms with Crippen molar-refractivity contribution in [3.63, 3.8) is 0 Å². The van der Waals surface area contributed by atoms with Crippen LogP contribution < -0.4 is 10.1 Å². The predicted molar refractivity (Wildman–Crippen MR) is 102 cm³/mol. The molecule has 0 fully saturated rings. The number of halogens is 1. The molecule has 5 heteroatoms. The SMILES string of the molecule is Cc1ccc(O[C@H](C)C(=O)N[C@@H](c2ccc(F)cc2)c2cccs2)cc1. The molecular weight excluding hydrogens is 349 g/mol. The number of carbonyl (C=O) groups is 1. The van der Waals surface area contributed by atoms with Crippen LogP contribution in [0.1, 0.15) is 29.0 Å². The Bertz CT molecular complexity index is 845. The van der Waals surface area contributed by atoms with Crippen molar-refractivity contribution in [1.82, 2.24) is 5.32 Å². The molecule has 0 aliphatic heterocycles. The van der Waals surface area contributed by atoms with Gasteiger partial charge < -0.3 is 10.1 Å². The van der Waals surface area contributed by atoms with Gasteiger partial charge in [-0.2, -0.15) is 0 Å². The fraction of sp³-hybridized carbons (Fsp3) is 0.190. The molecular formula is C21H20FNO2S. The molecule has 134 valence electrons. The molecule has 1 N–H and O–H groups in total. The second kappa shape index (κ2) is 8.15. The third kappa shape index (κ3) is 4.49. The summed E-state index contributed by atoms with van der Waals surface area (Å²) in [5, 5.41) is 4.96. The molecule has 1 amide bonds. The van der Waals surface area contributed by atoms with Gasteiger partial charge in [0.15, 0.2) is 6.10 Å². The minimum absolute atomic E-state index is 0.228. The zero-order chi connectivity index (χ0) is 18.5. The highest BCUT2D eigenvalue weighted by Gasteiger charge is 2.22. The maximum atomic E-state index is 13.2. The van der Waals surface area contributed by atoms with Gasteiger partial charge in [-0.05, 0) is 55.1 Å². The molecule has 0 radical (unpaired) electrons. The molecule has 1 aromatic heterocycles. The number of carbonyl (C=O) groups excluding carboxylic acids is 1. The van der Waals surface area contributed by atoms with Crippen molar-refractivity contribution in [3.05, 3.63) is 87.9 Å². The first-order valence-corrected chi connectivity index (χ1v) is 9.23. The zero-order valence-electron chi connectivity index (χ0n) is 14.6. The Morgan fingerprint density at radius 2 is 1.77 bits per heavy atom. The second-order valence-electron chi connectivity index (χ2n) is 6.08. The highest BCUT2D eigenvalue weighted by Crippen LogP contribution is 2.26. The molecule has 3 rings (SSSR count). The molecule has 26 heavy (non-hydrogen) atoms. The molecule has 0 spiro atoms. The summed E-state index contributed by atoms with van der Waals surface area (Å²) in [5.74, 6) is 0.113. The lowest BCUT2D eigenvalue weighted by Crippen LogP contribution is -2.38. The lowest BCUT2D eigenvalue weighted by molar-refractivity contribution is -0.127. The van der Waals surface area contributed by atoms with Gasteiger partial charge in [0.25, 0.3) is 5.91 Å². The van der Waals surface area contributed by atoms with Crippen molar-refractivity contribution in [1.29, 1.82) is 0 Å². The number of thiophene rings is 1. The summed E-state index contributed by atoms with van der Waals surface area (Å²) >= 11 is 1.54. The van der Waals surface area contributed by atoms with Crippen LogP contribution in [0, 0.1) is 12.7 Å². The van der Waals surface area contributed by atoms with Gasteiger partial charge in [0.2, 0.25) is 0 Å². The average Bonchev–Trinajstić information content (AvgIpc) is 3.16. The molecule has 2 aromatic carbocycles. The van der Waals surface area contributed by atoms with E-state index in [9.17, 15) is 9.18 Å². The van der Waals surface area contributed by atoms with Crippen molar-refractivity contribution >= 4 is 17.2 Å². The quantitative estimate of drug-likeness (QED) is 0.673. The topological polar surface area (TPSA) is 38.3 Å². The Morgan fingerprint density at radius 1 is 1.08 bits per heavy atom. The molecule has 0 bridgehead atoms. The Morgan fingerprint density at radius 3 is 2.38 bits per heavy atom. The maximum absolute atomic E-state index is 13.2. The molecule has 3 aromatic rings. The Hall–Kier alpha value is -2.66. The summed E-state index contributed by atoms with van der Waals surface area (Å²) in [6, 6.07) is 17.3. The second-order valence-corrected chi connectivity index (χ2v) is 7.06. The Labute approximate surface area is 156 Å². The maximum Gasteiger partial charge on any atom is 0.261 e. The highest BCUT2D eigenvalue weighted by molar-refractivity contribution is 7.10. The van der Waals surface area contributed by atoms with Gasteiger partial charge in [0, 0.05) is 4.88 Å². The van der Waals surface area contributed by atoms with Crippen molar-refractivity contribution in [3.8, 4) is 5.75 Å². The van der Waals surface area contributed by atoms with E-state index in [1.165, 1.54) is 12.1 Å². The van der Waals surface area contributed by atoms with Crippen molar-refractivity contribution in [2.45, 2.75) is 26.0 Å². The van der Waals surface area contributed by atoms with E-state index in [0.29, 0.717) is 5.75 Å². The first kappa shape index (κ1) is 18.1. The first-order chi connectivity index (χ1) is 12.5. The van der Waals surface area contributed by atoms with E-state index in [1.807, 2.05) is 48.7 Å². The third-order valence-corrected chi connectivity index (χ3v) is 4.96. The van der Waals surface area contributed by atoms with Gasteiger partial charge in [-0.3, -0.25) is 4.79 Å². The molecule has 3 nitrogen and oxygen atoms in total. The van der Waals surface area contributed by atoms with Gasteiger partial charge in [0.05, 0.1) is 6.04 Å². The van der Waals surface area contributed by atoms with Crippen LogP contribution in [0.5, 0.6) is 5.75 Å². The van der Waals surface area contributed by atoms with Crippen LogP contribution in [0.15, 0.2) is 66.0 Å². The van der Waals surface area contributed by atoms with Crippen LogP contribution in [-0.4, -0.2) is 12.0 Å². The van der Waals surface area contributed by atoms with E-state index in [0.717, 1.165) is 16.0 Å². The minimum Gasteiger partial charge on any atom is -0.481 e. The Kier molecular flexibility index (Phi) is 5.68. The third-order valence-electron chi connectivity index (χ3n) is 4.02. The average molecular weight is 369 g/mol. The van der Waals surface area contributed by atoms with Crippen molar-refractivity contribution < 1.29 is 13.9 Å². The molecule has 1 heterocycles. The van der Waals surface area contributed by atoms with Crippen molar-refractivity contribution in [2.24, 2.45) is 0 Å². The minimum atomic E-state index is -0.652. The van der Waals surface area contributed by atoms with Crippen LogP contribution in [0.4, 0.5) is 4.39 Å². The summed E-state index contributed by atoms with van der Waals surface area (Å²) in [6.07, 6.45) is -0.652. The molecule has 0 aliphatic carbocycles. The Balaban J connectivity index is 1.74. The first-order valence-electron chi connectivity index (χ1n) is 8.35. The number of nitrogens with one attached hydrogen (secondary N) is 1. The fourth-order valence-electron chi connectivity index (χ4n) is 2.56. The molecule has 0 saturated heterocycles. The molecule has 0 unspecified atom stereocenters. The number of aryl methyl sites for hydroxylation is 1. The number of benzene rings is 2. The van der Waals surface area contributed by atoms with E-state index < -0.39 is 6.10 Å². The van der Waals surface area contributed by atoms with Gasteiger partial charge in [0.1, 0.15) is 11.6 Å². The number of amides is 1. The van der Waals surface area contributed by atoms with Gasteiger partial charge in [-0.25, -0.2) is 4.39 Å². The summed E-state index contributed by atoms with van der Waals surface area (Å²) in [7, 11) is 0. The van der Waals surface area contributed by atoms with Crippen molar-refractivity contribution in [2.75, 3.05) is 0 Å². The smallest absolute Gasteiger partial charge is 0.261 e. The number of hydrogen-bond acceptors (Lipinski definition) is 3. The largest absolute Gasteiger partial charge is 0.481 e. The standard InChI is InChI=1S/C21H20FNO2S/c1-14-5-11-18(12-6-14)25-15(2)21(24)23-20(19-4-3-13-26-19)16-7-9-17(22)10-8-16/h3-13,15,20H,1-2H3,(H,23,24)/t15-,20+/m1/s1. The van der Waals surface area contributed by atoms with Gasteiger partial charge in [-0.15, -0.1) is 11.3 Å². The fourth-order valence-corrected chi connectivity index (χ4v) is 3.37. The van der Waals surface area contributed by atoms with Gasteiger partial charge in [-0.1, -0.05) is 35.9 Å². The molecule has 2 atom stereocenters. The van der Waals surface area contributed by atoms with E-state index in [2.05, 4.69) is 5.32 Å². The zero-order valence-corrected chi connectivity index (χ0v) is 15.4. The van der Waals surface area contributed by atoms with Gasteiger partial charge >= 0.3 is 0 Å². The molecule has 0 aliphatic rings. The van der Waals surface area contributed by atoms with Crippen LogP contribution >= 0.6 is 11.3 Å². The summed E-state index contributed by atoms with van der Waals surface area (Å²) in [4.78, 5) is 13.6. The lowest BCUT2D eigenvalue weighted by Gasteiger charge is -2.21. The lowest BCUT2D eigenvalue weighted by atomic mass is 10.0. The number of ether oxygens (including phenoxy) is 1. The summed E-state index contributed by atoms with van der Waals surface area (Å²) < 4.78 is 19.0. The predicted octanol–water partition coefficient (Wildman–Crippen LogP) is 4.87. The number of hydrogen-bond donors (Lipinski definition) is 1. The number of rotatable bonds is 6. The van der Waals surface area contributed by atoms with E-state index >= 15 is 0 Å². The monoisotopic (exact) mass is 369 g/mol. The van der Waals surface area contributed by atoms with E-state index in [-0.39, 0.29) is 17.8 Å².